The number of nitrogens with one attached hydrogen (secondary N) is 1. The number of anilines is 1. The highest BCUT2D eigenvalue weighted by molar-refractivity contribution is 9.10. The molecule has 1 aromatic carbocycles. The summed E-state index contributed by atoms with van der Waals surface area (Å²) in [6, 6.07) is 5.01. The number of halogens is 2. The monoisotopic (exact) mass is 313 g/mol. The lowest BCUT2D eigenvalue weighted by atomic mass is 9.86. The highest BCUT2D eigenvalue weighted by Gasteiger charge is 2.24. The van der Waals surface area contributed by atoms with Crippen molar-refractivity contribution < 1.29 is 4.39 Å². The van der Waals surface area contributed by atoms with Crippen LogP contribution in [0.1, 0.15) is 26.3 Å². The zero-order chi connectivity index (χ0) is 13.9. The zero-order valence-corrected chi connectivity index (χ0v) is 12.3. The summed E-state index contributed by atoms with van der Waals surface area (Å²) in [7, 11) is 0. The Bertz CT molecular complexity index is 474. The van der Waals surface area contributed by atoms with E-state index in [1.165, 1.54) is 0 Å². The van der Waals surface area contributed by atoms with Crippen LogP contribution < -0.4 is 11.1 Å². The standard InChI is InChI=1S/C13H17BrFN3/c1-13(2,3)10(7-17)18-9-5-4-8(6-16)11(14)12(9)15/h4-5,10,18H,7,17H2,1-3H3. The van der Waals surface area contributed by atoms with Gasteiger partial charge in [0.25, 0.3) is 0 Å². The second-order valence-electron chi connectivity index (χ2n) is 5.20. The highest BCUT2D eigenvalue weighted by atomic mass is 79.9. The Balaban J connectivity index is 3.06. The Morgan fingerprint density at radius 2 is 2.11 bits per heavy atom. The van der Waals surface area contributed by atoms with Crippen molar-refractivity contribution in [3.63, 3.8) is 0 Å². The molecular weight excluding hydrogens is 297 g/mol. The number of nitriles is 1. The molecular formula is C13H17BrFN3. The summed E-state index contributed by atoms with van der Waals surface area (Å²) in [5.41, 5.74) is 6.25. The molecule has 0 radical (unpaired) electrons. The van der Waals surface area contributed by atoms with E-state index < -0.39 is 5.82 Å². The molecule has 0 aromatic heterocycles. The number of hydrogen-bond donors (Lipinski definition) is 2. The molecule has 5 heteroatoms. The predicted molar refractivity (Wildman–Crippen MR) is 74.7 cm³/mol. The van der Waals surface area contributed by atoms with Gasteiger partial charge in [0.1, 0.15) is 6.07 Å². The normalized spacial score (nSPS) is 12.9. The van der Waals surface area contributed by atoms with E-state index in [1.807, 2.05) is 26.8 Å². The van der Waals surface area contributed by atoms with Gasteiger partial charge in [0, 0.05) is 12.6 Å². The molecule has 1 rings (SSSR count). The van der Waals surface area contributed by atoms with Crippen molar-refractivity contribution in [2.24, 2.45) is 11.1 Å². The van der Waals surface area contributed by atoms with E-state index in [1.54, 1.807) is 12.1 Å². The molecule has 0 heterocycles. The number of nitrogens with two attached hydrogens (primary N) is 1. The van der Waals surface area contributed by atoms with Crippen LogP contribution in [0.15, 0.2) is 16.6 Å². The highest BCUT2D eigenvalue weighted by Crippen LogP contribution is 2.29. The molecule has 3 N–H and O–H groups in total. The Morgan fingerprint density at radius 1 is 1.50 bits per heavy atom. The third-order valence-electron chi connectivity index (χ3n) is 2.81. The Hall–Kier alpha value is -1.12. The summed E-state index contributed by atoms with van der Waals surface area (Å²) in [6.45, 7) is 6.51. The second-order valence-corrected chi connectivity index (χ2v) is 5.99. The first-order valence-corrected chi connectivity index (χ1v) is 6.45. The van der Waals surface area contributed by atoms with Gasteiger partial charge in [-0.25, -0.2) is 4.39 Å². The van der Waals surface area contributed by atoms with E-state index in [4.69, 9.17) is 11.0 Å². The molecule has 98 valence electrons. The maximum atomic E-state index is 14.0. The van der Waals surface area contributed by atoms with Crippen molar-refractivity contribution in [2.75, 3.05) is 11.9 Å². The smallest absolute Gasteiger partial charge is 0.161 e. The molecule has 0 amide bonds. The van der Waals surface area contributed by atoms with Crippen LogP contribution in [0, 0.1) is 22.6 Å². The van der Waals surface area contributed by atoms with E-state index in [0.29, 0.717) is 12.2 Å². The Morgan fingerprint density at radius 3 is 2.56 bits per heavy atom. The van der Waals surface area contributed by atoms with Gasteiger partial charge in [-0.3, -0.25) is 0 Å². The molecule has 18 heavy (non-hydrogen) atoms. The number of nitrogens with zero attached hydrogens (tertiary/aromatic N) is 1. The Labute approximate surface area is 115 Å². The number of hydrogen-bond acceptors (Lipinski definition) is 3. The lowest BCUT2D eigenvalue weighted by Crippen LogP contribution is -2.40. The molecule has 1 atom stereocenters. The van der Waals surface area contributed by atoms with Crippen molar-refractivity contribution in [3.05, 3.63) is 28.0 Å². The van der Waals surface area contributed by atoms with Gasteiger partial charge in [0.05, 0.1) is 15.7 Å². The predicted octanol–water partition coefficient (Wildman–Crippen LogP) is 3.25. The first-order valence-electron chi connectivity index (χ1n) is 5.66. The fraction of sp³-hybridized carbons (Fsp3) is 0.462. The maximum Gasteiger partial charge on any atom is 0.161 e. The fourth-order valence-corrected chi connectivity index (χ4v) is 2.00. The van der Waals surface area contributed by atoms with Crippen LogP contribution in [0.25, 0.3) is 0 Å². The zero-order valence-electron chi connectivity index (χ0n) is 10.7. The average molecular weight is 314 g/mol. The summed E-state index contributed by atoms with van der Waals surface area (Å²) in [4.78, 5) is 0. The first kappa shape index (κ1) is 14.9. The number of benzene rings is 1. The van der Waals surface area contributed by atoms with E-state index in [9.17, 15) is 4.39 Å². The van der Waals surface area contributed by atoms with Crippen LogP contribution in [0.2, 0.25) is 0 Å². The SMILES string of the molecule is CC(C)(C)C(CN)Nc1ccc(C#N)c(Br)c1F. The van der Waals surface area contributed by atoms with Crippen LogP contribution in [0.3, 0.4) is 0 Å². The van der Waals surface area contributed by atoms with Crippen LogP contribution in [0.4, 0.5) is 10.1 Å². The van der Waals surface area contributed by atoms with Gasteiger partial charge < -0.3 is 11.1 Å². The summed E-state index contributed by atoms with van der Waals surface area (Å²) >= 11 is 3.08. The maximum absolute atomic E-state index is 14.0. The van der Waals surface area contributed by atoms with E-state index in [2.05, 4.69) is 21.2 Å². The average Bonchev–Trinajstić information content (AvgIpc) is 2.29. The van der Waals surface area contributed by atoms with Gasteiger partial charge in [-0.05, 0) is 33.5 Å². The van der Waals surface area contributed by atoms with Gasteiger partial charge >= 0.3 is 0 Å². The van der Waals surface area contributed by atoms with Gasteiger partial charge in [-0.2, -0.15) is 5.26 Å². The quantitative estimate of drug-likeness (QED) is 0.900. The molecule has 0 aliphatic rings. The molecule has 0 spiro atoms. The Kier molecular flexibility index (Phi) is 4.71. The minimum absolute atomic E-state index is 0.0492. The number of rotatable bonds is 3. The molecule has 1 unspecified atom stereocenters. The molecule has 3 nitrogen and oxygen atoms in total. The lowest BCUT2D eigenvalue weighted by Gasteiger charge is -2.31. The fourth-order valence-electron chi connectivity index (χ4n) is 1.56. The van der Waals surface area contributed by atoms with E-state index in [0.717, 1.165) is 0 Å². The van der Waals surface area contributed by atoms with Crippen molar-refractivity contribution >= 4 is 21.6 Å². The topological polar surface area (TPSA) is 61.8 Å². The molecule has 0 saturated carbocycles. The van der Waals surface area contributed by atoms with Gasteiger partial charge in [-0.1, -0.05) is 20.8 Å². The van der Waals surface area contributed by atoms with Crippen molar-refractivity contribution in [3.8, 4) is 6.07 Å². The van der Waals surface area contributed by atoms with Crippen LogP contribution in [0.5, 0.6) is 0 Å². The summed E-state index contributed by atoms with van der Waals surface area (Å²) in [5.74, 6) is -0.461. The molecule has 0 aliphatic carbocycles. The third kappa shape index (κ3) is 3.21. The largest absolute Gasteiger partial charge is 0.378 e. The molecule has 1 aromatic rings. The summed E-state index contributed by atoms with van der Waals surface area (Å²) < 4.78 is 14.2. The van der Waals surface area contributed by atoms with Crippen molar-refractivity contribution in [2.45, 2.75) is 26.8 Å². The van der Waals surface area contributed by atoms with Gasteiger partial charge in [-0.15, -0.1) is 0 Å². The molecule has 0 bridgehead atoms. The van der Waals surface area contributed by atoms with Gasteiger partial charge in [0.15, 0.2) is 5.82 Å². The summed E-state index contributed by atoms with van der Waals surface area (Å²) in [5, 5.41) is 11.9. The molecule has 0 fully saturated rings. The van der Waals surface area contributed by atoms with Gasteiger partial charge in [0.2, 0.25) is 0 Å². The van der Waals surface area contributed by atoms with Crippen molar-refractivity contribution in [1.29, 1.82) is 5.26 Å². The third-order valence-corrected chi connectivity index (χ3v) is 3.59. The first-order chi connectivity index (χ1) is 8.31. The lowest BCUT2D eigenvalue weighted by molar-refractivity contribution is 0.345. The van der Waals surface area contributed by atoms with Crippen molar-refractivity contribution in [1.82, 2.24) is 0 Å². The second kappa shape index (κ2) is 5.68. The molecule has 0 aliphatic heterocycles. The van der Waals surface area contributed by atoms with Crippen LogP contribution in [-0.4, -0.2) is 12.6 Å². The minimum Gasteiger partial charge on any atom is -0.378 e. The van der Waals surface area contributed by atoms with E-state index >= 15 is 0 Å². The molecule has 0 saturated heterocycles. The van der Waals surface area contributed by atoms with Crippen LogP contribution in [-0.2, 0) is 0 Å². The minimum atomic E-state index is -0.461. The summed E-state index contributed by atoms with van der Waals surface area (Å²) in [6.07, 6.45) is 0. The van der Waals surface area contributed by atoms with Crippen LogP contribution >= 0.6 is 15.9 Å². The van der Waals surface area contributed by atoms with E-state index in [-0.39, 0.29) is 21.5 Å².